The molecule has 5 atom stereocenters. The number of rotatable bonds is 25. The minimum absolute atomic E-state index is 0.00410. The predicted molar refractivity (Wildman–Crippen MR) is 319 cm³/mol. The maximum absolute atomic E-state index is 14.7. The third-order valence-electron chi connectivity index (χ3n) is 14.5. The Balaban J connectivity index is 0.835. The van der Waals surface area contributed by atoms with Crippen molar-refractivity contribution in [2.75, 3.05) is 89.6 Å². The summed E-state index contributed by atoms with van der Waals surface area (Å²) >= 11 is 1.73. The zero-order valence-corrected chi connectivity index (χ0v) is 51.4. The van der Waals surface area contributed by atoms with Gasteiger partial charge in [-0.2, -0.15) is 0 Å². The van der Waals surface area contributed by atoms with Crippen molar-refractivity contribution in [3.8, 4) is 5.75 Å². The molecule has 1 saturated heterocycles. The first-order valence-electron chi connectivity index (χ1n) is 28.3. The van der Waals surface area contributed by atoms with E-state index < -0.39 is 73.6 Å². The molecule has 0 radical (unpaired) electrons. The van der Waals surface area contributed by atoms with Gasteiger partial charge in [-0.25, -0.2) is 13.2 Å². The first-order valence-corrected chi connectivity index (χ1v) is 30.8. The number of thioether (sulfide) groups is 1. The second-order valence-electron chi connectivity index (χ2n) is 24.1. The van der Waals surface area contributed by atoms with Crippen molar-refractivity contribution in [2.45, 2.75) is 145 Å². The number of sulfone groups is 1. The fraction of sp³-hybridized carbons (Fsp3) is 0.567. The summed E-state index contributed by atoms with van der Waals surface area (Å²) in [4.78, 5) is 77.3. The number of anilines is 3. The average Bonchev–Trinajstić information content (AvgIpc) is 4.15. The van der Waals surface area contributed by atoms with Gasteiger partial charge in [0.2, 0.25) is 23.6 Å². The Bertz CT molecular complexity index is 3050. The van der Waals surface area contributed by atoms with Crippen LogP contribution in [0.25, 0.3) is 10.9 Å². The summed E-state index contributed by atoms with van der Waals surface area (Å²) < 4.78 is 60.9. The molecule has 83 heavy (non-hydrogen) atoms. The average molecular weight is 1190 g/mol. The van der Waals surface area contributed by atoms with Gasteiger partial charge in [-0.1, -0.05) is 45.0 Å². The fourth-order valence-corrected chi connectivity index (χ4v) is 11.9. The smallest absolute Gasteiger partial charge is 0.410 e. The molecule has 5 N–H and O–H groups in total. The third-order valence-corrected chi connectivity index (χ3v) is 17.9. The molecular weight excluding hydrogens is 1100 g/mol. The van der Waals surface area contributed by atoms with Crippen molar-refractivity contribution in [3.05, 3.63) is 78.0 Å². The highest BCUT2D eigenvalue weighted by Crippen LogP contribution is 2.40. The Morgan fingerprint density at radius 1 is 0.843 bits per heavy atom. The Morgan fingerprint density at radius 2 is 1.52 bits per heavy atom. The molecule has 7 rings (SSSR count). The highest BCUT2D eigenvalue weighted by Gasteiger charge is 2.46. The maximum atomic E-state index is 14.7. The number of nitrogens with zero attached hydrogens (tertiary/aromatic N) is 3. The van der Waals surface area contributed by atoms with Crippen molar-refractivity contribution in [3.63, 3.8) is 0 Å². The lowest BCUT2D eigenvalue weighted by molar-refractivity contribution is -0.144. The van der Waals surface area contributed by atoms with Crippen LogP contribution in [0.4, 0.5) is 21.9 Å². The van der Waals surface area contributed by atoms with Crippen LogP contribution in [0.5, 0.6) is 5.75 Å². The Kier molecular flexibility index (Phi) is 21.8. The number of carbonyl (C=O) groups excluding carboxylic acids is 5. The summed E-state index contributed by atoms with van der Waals surface area (Å²) in [6.45, 7) is 18.5. The van der Waals surface area contributed by atoms with Crippen LogP contribution in [0.2, 0.25) is 0 Å². The molecule has 0 saturated carbocycles. The van der Waals surface area contributed by atoms with Gasteiger partial charge >= 0.3 is 6.09 Å². The lowest BCUT2D eigenvalue weighted by Crippen LogP contribution is -2.60. The van der Waals surface area contributed by atoms with E-state index in [-0.39, 0.29) is 95.0 Å². The van der Waals surface area contributed by atoms with Crippen molar-refractivity contribution < 1.29 is 60.8 Å². The van der Waals surface area contributed by atoms with E-state index in [9.17, 15) is 32.4 Å². The van der Waals surface area contributed by atoms with Gasteiger partial charge in [0.1, 0.15) is 47.6 Å². The molecule has 21 nitrogen and oxygen atoms in total. The second-order valence-corrected chi connectivity index (χ2v) is 27.8. The number of fused-ring (bicyclic) bond motifs is 3. The van der Waals surface area contributed by atoms with Gasteiger partial charge in [-0.15, -0.1) is 11.8 Å². The van der Waals surface area contributed by atoms with E-state index in [1.165, 1.54) is 21.7 Å². The molecule has 4 aromatic rings. The molecule has 1 aromatic heterocycles. The van der Waals surface area contributed by atoms with Gasteiger partial charge in [0.05, 0.1) is 74.1 Å². The summed E-state index contributed by atoms with van der Waals surface area (Å²) in [6.07, 6.45) is 3.62. The zero-order valence-electron chi connectivity index (χ0n) is 49.8. The van der Waals surface area contributed by atoms with Crippen LogP contribution >= 0.6 is 11.8 Å². The van der Waals surface area contributed by atoms with Gasteiger partial charge in [0, 0.05) is 53.6 Å². The van der Waals surface area contributed by atoms with Crippen LogP contribution in [0.1, 0.15) is 106 Å². The Labute approximate surface area is 492 Å². The number of aromatic nitrogens is 1. The van der Waals surface area contributed by atoms with Crippen LogP contribution in [0.15, 0.2) is 76.7 Å². The first kappa shape index (κ1) is 64.3. The molecule has 454 valence electrons. The summed E-state index contributed by atoms with van der Waals surface area (Å²) in [7, 11) is -2.39. The first-order chi connectivity index (χ1) is 39.2. The minimum Gasteiger partial charge on any atom is -0.490 e. The van der Waals surface area contributed by atoms with Crippen LogP contribution < -0.4 is 31.3 Å². The summed E-state index contributed by atoms with van der Waals surface area (Å²) in [5.41, 5.74) is 3.75. The molecule has 1 unspecified atom stereocenters. The standard InChI is InChI=1S/C60H84N8O13S2/c1-38(67(11)57(73)81-59(5,6)7)54(70)66-53(58(2,3)4)56(72)68-35-41(32-48(68)55(71)65-44-18-14-16-39-15-12-13-17-42(39)44)64-52(69)36-79-28-27-77-24-23-76-25-26-78-29-30-80-49-34-46-43(33-51(49)83(74,75)60(8,9)10)45(21-22-61-46)63-40-19-20-50-47(31-40)62-37-82-50/h12-13,15,17,19-22,31,33-34,38,41,44,48,53,62H,14,16,18,23-30,32,35-37H2,1-11H3,(H,61,63)(H,64,69)(H,65,71)(H,66,70)/t38-,41-,44+,48?,53+/m0/s1. The number of ether oxygens (including phenoxy) is 6. The molecule has 2 aliphatic heterocycles. The summed E-state index contributed by atoms with van der Waals surface area (Å²) in [5.74, 6) is -0.876. The van der Waals surface area contributed by atoms with E-state index in [1.54, 1.807) is 99.3 Å². The van der Waals surface area contributed by atoms with E-state index in [1.807, 2.05) is 36.4 Å². The molecule has 1 aliphatic carbocycles. The summed E-state index contributed by atoms with van der Waals surface area (Å²) in [5, 5.41) is 16.4. The highest BCUT2D eigenvalue weighted by molar-refractivity contribution is 7.99. The monoisotopic (exact) mass is 1190 g/mol. The van der Waals surface area contributed by atoms with Crippen molar-refractivity contribution in [1.29, 1.82) is 0 Å². The van der Waals surface area contributed by atoms with Crippen LogP contribution in [0.3, 0.4) is 0 Å². The van der Waals surface area contributed by atoms with E-state index >= 15 is 0 Å². The largest absolute Gasteiger partial charge is 0.490 e. The molecule has 0 bridgehead atoms. The minimum atomic E-state index is -3.84. The SMILES string of the molecule is C[C@@H](C(=O)N[C@H](C(=O)N1C[C@@H](NC(=O)COCCOCCOCCOCCOc2cc3nccc(Nc4ccc5c(c4)NCS5)c3cc2S(=O)(=O)C(C)(C)C)CC1C(=O)N[C@@H]1CCCc2ccccc21)C(C)(C)C)N(C)C(=O)OC(C)(C)C. The van der Waals surface area contributed by atoms with Crippen LogP contribution in [-0.2, 0) is 59.1 Å². The Hall–Kier alpha value is -6.24. The van der Waals surface area contributed by atoms with Crippen LogP contribution in [-0.4, -0.2) is 166 Å². The topological polar surface area (TPSA) is 254 Å². The Morgan fingerprint density at radius 3 is 2.19 bits per heavy atom. The number of hydrogen-bond donors (Lipinski definition) is 5. The number of amides is 5. The van der Waals surface area contributed by atoms with Crippen molar-refractivity contribution in [2.24, 2.45) is 5.41 Å². The molecule has 23 heteroatoms. The van der Waals surface area contributed by atoms with Gasteiger partial charge in [-0.3, -0.25) is 29.1 Å². The van der Waals surface area contributed by atoms with Gasteiger partial charge < -0.3 is 59.9 Å². The number of hydrogen-bond acceptors (Lipinski definition) is 17. The van der Waals surface area contributed by atoms with Crippen molar-refractivity contribution in [1.82, 2.24) is 30.7 Å². The molecule has 3 aromatic carbocycles. The van der Waals surface area contributed by atoms with E-state index in [0.29, 0.717) is 16.6 Å². The van der Waals surface area contributed by atoms with Gasteiger partial charge in [0.15, 0.2) is 9.84 Å². The van der Waals surface area contributed by atoms with Gasteiger partial charge in [0.25, 0.3) is 0 Å². The number of aryl methyl sites for hydroxylation is 1. The lowest BCUT2D eigenvalue weighted by Gasteiger charge is -2.37. The predicted octanol–water partition coefficient (Wildman–Crippen LogP) is 7.54. The quantitative estimate of drug-likeness (QED) is 0.0402. The number of likely N-dealkylation sites (N-methyl/N-ethyl adjacent to an activating group) is 1. The molecule has 3 heterocycles. The number of likely N-dealkylation sites (tertiary alicyclic amines) is 1. The van der Waals surface area contributed by atoms with E-state index in [4.69, 9.17) is 28.4 Å². The zero-order chi connectivity index (χ0) is 60.3. The van der Waals surface area contributed by atoms with Gasteiger partial charge in [-0.05, 0) is 121 Å². The highest BCUT2D eigenvalue weighted by atomic mass is 32.2. The second kappa shape index (κ2) is 28.1. The van der Waals surface area contributed by atoms with Crippen LogP contribution in [0, 0.1) is 5.41 Å². The molecule has 1 fully saturated rings. The number of nitrogens with one attached hydrogen (secondary N) is 5. The maximum Gasteiger partial charge on any atom is 0.410 e. The van der Waals surface area contributed by atoms with E-state index in [2.05, 4.69) is 43.7 Å². The van der Waals surface area contributed by atoms with Crippen molar-refractivity contribution >= 4 is 79.3 Å². The third kappa shape index (κ3) is 17.2. The lowest BCUT2D eigenvalue weighted by atomic mass is 9.85. The normalized spacial score (nSPS) is 17.8. The number of carbonyl (C=O) groups is 5. The number of pyridine rings is 1. The molecule has 3 aliphatic rings. The van der Waals surface area contributed by atoms with E-state index in [0.717, 1.165) is 47.6 Å². The molecular formula is C60H84N8O13S2. The fourth-order valence-electron chi connectivity index (χ4n) is 9.79. The molecule has 5 amide bonds. The number of benzene rings is 3. The molecule has 0 spiro atoms. The summed E-state index contributed by atoms with van der Waals surface area (Å²) in [6, 6.07) is 15.2.